The molecule has 0 saturated heterocycles. The van der Waals surface area contributed by atoms with E-state index in [1.165, 1.54) is 16.8 Å². The Kier molecular flexibility index (Phi) is 3.66. The van der Waals surface area contributed by atoms with E-state index in [-0.39, 0.29) is 6.61 Å². The molecule has 2 rings (SSSR count). The Morgan fingerprint density at radius 1 is 1.47 bits per heavy atom. The lowest BCUT2D eigenvalue weighted by Gasteiger charge is -2.21. The Bertz CT molecular complexity index is 391. The van der Waals surface area contributed by atoms with E-state index in [0.29, 0.717) is 13.1 Å². The number of rotatable bonds is 5. The van der Waals surface area contributed by atoms with Crippen LogP contribution in [0.5, 0.6) is 0 Å². The standard InChI is InChI=1S/C13H20N2O2/c1-13(17,9-16)8-14-7-11-4-2-3-10-5-6-15-12(10)11/h2-4,14-17H,5-9H2,1H3. The van der Waals surface area contributed by atoms with Crippen LogP contribution < -0.4 is 10.6 Å². The zero-order valence-corrected chi connectivity index (χ0v) is 10.2. The molecule has 1 unspecified atom stereocenters. The van der Waals surface area contributed by atoms with Gasteiger partial charge in [-0.2, -0.15) is 0 Å². The van der Waals surface area contributed by atoms with Crippen LogP contribution in [0.25, 0.3) is 0 Å². The van der Waals surface area contributed by atoms with Gasteiger partial charge in [-0.15, -0.1) is 0 Å². The SMILES string of the molecule is CC(O)(CO)CNCc1cccc2c1NCC2. The monoisotopic (exact) mass is 236 g/mol. The van der Waals surface area contributed by atoms with Crippen LogP contribution >= 0.6 is 0 Å². The van der Waals surface area contributed by atoms with Gasteiger partial charge in [0, 0.05) is 25.3 Å². The third kappa shape index (κ3) is 2.97. The molecule has 1 aliphatic heterocycles. The molecule has 0 radical (unpaired) electrons. The Morgan fingerprint density at radius 2 is 2.29 bits per heavy atom. The summed E-state index contributed by atoms with van der Waals surface area (Å²) < 4.78 is 0. The van der Waals surface area contributed by atoms with Crippen molar-refractivity contribution in [3.63, 3.8) is 0 Å². The van der Waals surface area contributed by atoms with Crippen molar-refractivity contribution in [2.45, 2.75) is 25.5 Å². The first-order valence-electron chi connectivity index (χ1n) is 6.01. The molecule has 0 bridgehead atoms. The minimum atomic E-state index is -1.05. The summed E-state index contributed by atoms with van der Waals surface area (Å²) >= 11 is 0. The van der Waals surface area contributed by atoms with Gasteiger partial charge in [-0.3, -0.25) is 0 Å². The van der Waals surface area contributed by atoms with E-state index in [4.69, 9.17) is 5.11 Å². The molecule has 1 heterocycles. The Morgan fingerprint density at radius 3 is 3.06 bits per heavy atom. The molecule has 1 aromatic rings. The fraction of sp³-hybridized carbons (Fsp3) is 0.538. The van der Waals surface area contributed by atoms with Crippen LogP contribution in [0.3, 0.4) is 0 Å². The first kappa shape index (κ1) is 12.4. The van der Waals surface area contributed by atoms with Gasteiger partial charge in [0.05, 0.1) is 12.2 Å². The molecule has 94 valence electrons. The largest absolute Gasteiger partial charge is 0.393 e. The first-order valence-corrected chi connectivity index (χ1v) is 6.01. The number of hydrogen-bond donors (Lipinski definition) is 4. The number of hydrogen-bond acceptors (Lipinski definition) is 4. The smallest absolute Gasteiger partial charge is 0.0972 e. The van der Waals surface area contributed by atoms with E-state index in [9.17, 15) is 5.11 Å². The van der Waals surface area contributed by atoms with Gasteiger partial charge in [0.2, 0.25) is 0 Å². The van der Waals surface area contributed by atoms with Crippen molar-refractivity contribution in [1.29, 1.82) is 0 Å². The molecule has 0 amide bonds. The van der Waals surface area contributed by atoms with Crippen molar-refractivity contribution in [1.82, 2.24) is 5.32 Å². The quantitative estimate of drug-likeness (QED) is 0.601. The van der Waals surface area contributed by atoms with E-state index in [1.807, 2.05) is 0 Å². The third-order valence-electron chi connectivity index (χ3n) is 3.10. The van der Waals surface area contributed by atoms with Crippen molar-refractivity contribution < 1.29 is 10.2 Å². The van der Waals surface area contributed by atoms with Crippen LogP contribution in [-0.2, 0) is 13.0 Å². The van der Waals surface area contributed by atoms with Gasteiger partial charge >= 0.3 is 0 Å². The molecular weight excluding hydrogens is 216 g/mol. The average molecular weight is 236 g/mol. The van der Waals surface area contributed by atoms with E-state index in [2.05, 4.69) is 28.8 Å². The van der Waals surface area contributed by atoms with Gasteiger partial charge in [-0.05, 0) is 24.5 Å². The topological polar surface area (TPSA) is 64.5 Å². The molecule has 4 N–H and O–H groups in total. The lowest BCUT2D eigenvalue weighted by atomic mass is 10.1. The van der Waals surface area contributed by atoms with E-state index >= 15 is 0 Å². The maximum atomic E-state index is 9.67. The highest BCUT2D eigenvalue weighted by Crippen LogP contribution is 2.26. The Labute approximate surface area is 102 Å². The van der Waals surface area contributed by atoms with E-state index in [1.54, 1.807) is 6.92 Å². The summed E-state index contributed by atoms with van der Waals surface area (Å²) in [5.41, 5.74) is 2.75. The van der Waals surface area contributed by atoms with Gasteiger partial charge in [0.1, 0.15) is 0 Å². The summed E-state index contributed by atoms with van der Waals surface area (Å²) in [6, 6.07) is 6.29. The van der Waals surface area contributed by atoms with Crippen LogP contribution in [-0.4, -0.2) is 35.5 Å². The minimum Gasteiger partial charge on any atom is -0.393 e. The molecule has 1 aromatic carbocycles. The number of anilines is 1. The summed E-state index contributed by atoms with van der Waals surface area (Å²) in [6.45, 7) is 3.47. The normalized spacial score (nSPS) is 17.4. The van der Waals surface area contributed by atoms with Gasteiger partial charge in [0.15, 0.2) is 0 Å². The highest BCUT2D eigenvalue weighted by molar-refractivity contribution is 5.61. The van der Waals surface area contributed by atoms with Crippen molar-refractivity contribution in [3.8, 4) is 0 Å². The average Bonchev–Trinajstić information content (AvgIpc) is 2.78. The zero-order valence-electron chi connectivity index (χ0n) is 10.2. The molecule has 0 aliphatic carbocycles. The second-order valence-electron chi connectivity index (χ2n) is 4.89. The Balaban J connectivity index is 1.94. The van der Waals surface area contributed by atoms with Gasteiger partial charge in [-0.25, -0.2) is 0 Å². The number of benzene rings is 1. The zero-order chi connectivity index (χ0) is 12.3. The minimum absolute atomic E-state index is 0.231. The fourth-order valence-electron chi connectivity index (χ4n) is 2.08. The number of para-hydroxylation sites is 1. The molecule has 0 spiro atoms. The third-order valence-corrected chi connectivity index (χ3v) is 3.10. The summed E-state index contributed by atoms with van der Waals surface area (Å²) in [4.78, 5) is 0. The summed E-state index contributed by atoms with van der Waals surface area (Å²) in [5, 5.41) is 25.2. The lowest BCUT2D eigenvalue weighted by molar-refractivity contribution is 0.00254. The molecule has 1 atom stereocenters. The van der Waals surface area contributed by atoms with Crippen LogP contribution in [0.2, 0.25) is 0 Å². The van der Waals surface area contributed by atoms with Gasteiger partial charge in [-0.1, -0.05) is 18.2 Å². The van der Waals surface area contributed by atoms with E-state index < -0.39 is 5.60 Å². The van der Waals surface area contributed by atoms with Crippen molar-refractivity contribution in [2.24, 2.45) is 0 Å². The predicted octanol–water partition coefficient (Wildman–Crippen LogP) is 0.487. The molecule has 1 aliphatic rings. The van der Waals surface area contributed by atoms with Crippen LogP contribution in [0.4, 0.5) is 5.69 Å². The van der Waals surface area contributed by atoms with E-state index in [0.717, 1.165) is 13.0 Å². The number of nitrogens with one attached hydrogen (secondary N) is 2. The predicted molar refractivity (Wildman–Crippen MR) is 68.1 cm³/mol. The number of fused-ring (bicyclic) bond motifs is 1. The fourth-order valence-corrected chi connectivity index (χ4v) is 2.08. The van der Waals surface area contributed by atoms with Crippen LogP contribution in [0.15, 0.2) is 18.2 Å². The molecule has 4 nitrogen and oxygen atoms in total. The number of aliphatic hydroxyl groups is 2. The molecule has 0 aromatic heterocycles. The second kappa shape index (κ2) is 5.04. The summed E-state index contributed by atoms with van der Waals surface area (Å²) in [6.07, 6.45) is 1.08. The highest BCUT2D eigenvalue weighted by atomic mass is 16.3. The number of aliphatic hydroxyl groups excluding tert-OH is 1. The first-order chi connectivity index (χ1) is 8.12. The molecule has 17 heavy (non-hydrogen) atoms. The van der Waals surface area contributed by atoms with Gasteiger partial charge in [0.25, 0.3) is 0 Å². The van der Waals surface area contributed by atoms with Crippen molar-refractivity contribution >= 4 is 5.69 Å². The molecule has 0 saturated carbocycles. The van der Waals surface area contributed by atoms with Crippen LogP contribution in [0, 0.1) is 0 Å². The summed E-state index contributed by atoms with van der Waals surface area (Å²) in [5.74, 6) is 0. The van der Waals surface area contributed by atoms with Gasteiger partial charge < -0.3 is 20.8 Å². The highest BCUT2D eigenvalue weighted by Gasteiger charge is 2.19. The van der Waals surface area contributed by atoms with Crippen molar-refractivity contribution in [3.05, 3.63) is 29.3 Å². The maximum Gasteiger partial charge on any atom is 0.0972 e. The summed E-state index contributed by atoms with van der Waals surface area (Å²) in [7, 11) is 0. The molecule has 0 fully saturated rings. The second-order valence-corrected chi connectivity index (χ2v) is 4.89. The lowest BCUT2D eigenvalue weighted by Crippen LogP contribution is -2.40. The molecular formula is C13H20N2O2. The van der Waals surface area contributed by atoms with Crippen LogP contribution in [0.1, 0.15) is 18.1 Å². The maximum absolute atomic E-state index is 9.67. The van der Waals surface area contributed by atoms with Crippen molar-refractivity contribution in [2.75, 3.05) is 25.0 Å². The Hall–Kier alpha value is -1.10. The molecule has 4 heteroatoms.